The standard InChI is InChI=1S/C21H24N2O3S/c1-15-8-11-17(12-9-15)27(25,26)23-14-4-7-20(23)21(24)22-19-13-10-16-5-2-3-6-18(16)19/h2-3,5-6,8-9,11-12,19-20H,4,7,10,13-14H2,1H3,(H,22,24)/t19-,20+/m0/s1. The van der Waals surface area contributed by atoms with Crippen molar-refractivity contribution in [1.29, 1.82) is 0 Å². The lowest BCUT2D eigenvalue weighted by Gasteiger charge is -2.25. The van der Waals surface area contributed by atoms with Crippen LogP contribution < -0.4 is 5.32 Å². The molecule has 1 aliphatic carbocycles. The number of amides is 1. The molecule has 4 rings (SSSR count). The average Bonchev–Trinajstić information content (AvgIpc) is 3.30. The van der Waals surface area contributed by atoms with E-state index < -0.39 is 16.1 Å². The number of sulfonamides is 1. The minimum Gasteiger partial charge on any atom is -0.348 e. The number of carbonyl (C=O) groups excluding carboxylic acids is 1. The number of nitrogens with zero attached hydrogens (tertiary/aromatic N) is 1. The normalized spacial score (nSPS) is 22.6. The number of hydrogen-bond acceptors (Lipinski definition) is 3. The van der Waals surface area contributed by atoms with E-state index >= 15 is 0 Å². The molecule has 1 fully saturated rings. The molecular weight excluding hydrogens is 360 g/mol. The Morgan fingerprint density at radius 3 is 2.59 bits per heavy atom. The third kappa shape index (κ3) is 3.39. The molecule has 2 aromatic carbocycles. The van der Waals surface area contributed by atoms with Crippen molar-refractivity contribution in [3.8, 4) is 0 Å². The van der Waals surface area contributed by atoms with Gasteiger partial charge in [0.15, 0.2) is 0 Å². The first-order valence-corrected chi connectivity index (χ1v) is 10.9. The summed E-state index contributed by atoms with van der Waals surface area (Å²) in [5, 5.41) is 3.09. The second-order valence-corrected chi connectivity index (χ2v) is 9.28. The Bertz CT molecular complexity index is 954. The molecule has 0 spiro atoms. The van der Waals surface area contributed by atoms with Crippen LogP contribution in [0.1, 0.15) is 42.0 Å². The summed E-state index contributed by atoms with van der Waals surface area (Å²) in [6, 6.07) is 14.3. The van der Waals surface area contributed by atoms with Gasteiger partial charge in [0.1, 0.15) is 6.04 Å². The van der Waals surface area contributed by atoms with Gasteiger partial charge in [-0.15, -0.1) is 0 Å². The van der Waals surface area contributed by atoms with Crippen LogP contribution in [0.3, 0.4) is 0 Å². The lowest BCUT2D eigenvalue weighted by molar-refractivity contribution is -0.125. The van der Waals surface area contributed by atoms with Crippen LogP contribution in [0.2, 0.25) is 0 Å². The number of hydrogen-bond donors (Lipinski definition) is 1. The van der Waals surface area contributed by atoms with Crippen LogP contribution in [0.25, 0.3) is 0 Å². The van der Waals surface area contributed by atoms with Crippen LogP contribution in [0.4, 0.5) is 0 Å². The molecule has 1 heterocycles. The lowest BCUT2D eigenvalue weighted by atomic mass is 10.1. The molecule has 142 valence electrons. The summed E-state index contributed by atoms with van der Waals surface area (Å²) in [6.07, 6.45) is 3.06. The first-order chi connectivity index (χ1) is 13.0. The highest BCUT2D eigenvalue weighted by molar-refractivity contribution is 7.89. The molecule has 2 atom stereocenters. The Hall–Kier alpha value is -2.18. The zero-order valence-electron chi connectivity index (χ0n) is 15.4. The molecule has 0 aromatic heterocycles. The molecule has 0 radical (unpaired) electrons. The molecule has 2 aliphatic rings. The number of fused-ring (bicyclic) bond motifs is 1. The lowest BCUT2D eigenvalue weighted by Crippen LogP contribution is -2.46. The van der Waals surface area contributed by atoms with Gasteiger partial charge in [-0.05, 0) is 55.9 Å². The highest BCUT2D eigenvalue weighted by Crippen LogP contribution is 2.32. The molecule has 1 saturated heterocycles. The molecular formula is C21H24N2O3S. The van der Waals surface area contributed by atoms with E-state index in [1.165, 1.54) is 9.87 Å². The van der Waals surface area contributed by atoms with Crippen LogP contribution in [0.5, 0.6) is 0 Å². The van der Waals surface area contributed by atoms with Crippen molar-refractivity contribution < 1.29 is 13.2 Å². The minimum atomic E-state index is -3.67. The average molecular weight is 385 g/mol. The third-order valence-corrected chi connectivity index (χ3v) is 7.51. The Balaban J connectivity index is 1.53. The smallest absolute Gasteiger partial charge is 0.243 e. The van der Waals surface area contributed by atoms with Crippen LogP contribution >= 0.6 is 0 Å². The van der Waals surface area contributed by atoms with Gasteiger partial charge < -0.3 is 5.32 Å². The fourth-order valence-electron chi connectivity index (χ4n) is 4.11. The summed E-state index contributed by atoms with van der Waals surface area (Å²) in [5.41, 5.74) is 3.42. The highest BCUT2D eigenvalue weighted by Gasteiger charge is 2.40. The minimum absolute atomic E-state index is 0.0294. The molecule has 2 aromatic rings. The van der Waals surface area contributed by atoms with E-state index in [9.17, 15) is 13.2 Å². The maximum atomic E-state index is 13.0. The molecule has 0 unspecified atom stereocenters. The number of carbonyl (C=O) groups is 1. The second-order valence-electron chi connectivity index (χ2n) is 7.39. The monoisotopic (exact) mass is 384 g/mol. The Labute approximate surface area is 160 Å². The second kappa shape index (κ2) is 7.09. The summed E-state index contributed by atoms with van der Waals surface area (Å²) in [6.45, 7) is 2.30. The van der Waals surface area contributed by atoms with Crippen molar-refractivity contribution in [3.05, 3.63) is 65.2 Å². The molecule has 1 N–H and O–H groups in total. The van der Waals surface area contributed by atoms with Crippen molar-refractivity contribution in [2.45, 2.75) is 49.6 Å². The van der Waals surface area contributed by atoms with E-state index in [0.29, 0.717) is 19.4 Å². The largest absolute Gasteiger partial charge is 0.348 e. The van der Waals surface area contributed by atoms with E-state index in [2.05, 4.69) is 11.4 Å². The van der Waals surface area contributed by atoms with Gasteiger partial charge in [-0.25, -0.2) is 8.42 Å². The topological polar surface area (TPSA) is 66.5 Å². The van der Waals surface area contributed by atoms with Crippen LogP contribution in [0.15, 0.2) is 53.4 Å². The molecule has 27 heavy (non-hydrogen) atoms. The quantitative estimate of drug-likeness (QED) is 0.881. The van der Waals surface area contributed by atoms with E-state index in [-0.39, 0.29) is 16.8 Å². The predicted molar refractivity (Wildman–Crippen MR) is 104 cm³/mol. The zero-order chi connectivity index (χ0) is 19.0. The Morgan fingerprint density at radius 1 is 1.07 bits per heavy atom. The van der Waals surface area contributed by atoms with Crippen molar-refractivity contribution in [2.75, 3.05) is 6.54 Å². The van der Waals surface area contributed by atoms with E-state index in [4.69, 9.17) is 0 Å². The van der Waals surface area contributed by atoms with Gasteiger partial charge >= 0.3 is 0 Å². The maximum absolute atomic E-state index is 13.0. The van der Waals surface area contributed by atoms with Gasteiger partial charge in [-0.3, -0.25) is 4.79 Å². The Kier molecular flexibility index (Phi) is 4.78. The summed E-state index contributed by atoms with van der Waals surface area (Å²) < 4.78 is 27.5. The van der Waals surface area contributed by atoms with E-state index in [1.54, 1.807) is 24.3 Å². The zero-order valence-corrected chi connectivity index (χ0v) is 16.2. The SMILES string of the molecule is Cc1ccc(S(=O)(=O)N2CCC[C@@H]2C(=O)N[C@H]2CCc3ccccc32)cc1. The summed E-state index contributed by atoms with van der Waals surface area (Å²) in [4.78, 5) is 13.2. The summed E-state index contributed by atoms with van der Waals surface area (Å²) >= 11 is 0. The van der Waals surface area contributed by atoms with Gasteiger partial charge in [0, 0.05) is 6.54 Å². The van der Waals surface area contributed by atoms with Crippen molar-refractivity contribution >= 4 is 15.9 Å². The van der Waals surface area contributed by atoms with Gasteiger partial charge in [-0.2, -0.15) is 4.31 Å². The highest BCUT2D eigenvalue weighted by atomic mass is 32.2. The number of benzene rings is 2. The third-order valence-electron chi connectivity index (χ3n) is 5.58. The molecule has 6 heteroatoms. The molecule has 0 saturated carbocycles. The molecule has 1 aliphatic heterocycles. The fraction of sp³-hybridized carbons (Fsp3) is 0.381. The van der Waals surface area contributed by atoms with Crippen molar-refractivity contribution in [1.82, 2.24) is 9.62 Å². The molecule has 5 nitrogen and oxygen atoms in total. The van der Waals surface area contributed by atoms with Crippen LogP contribution in [-0.4, -0.2) is 31.2 Å². The number of nitrogens with one attached hydrogen (secondary N) is 1. The summed E-state index contributed by atoms with van der Waals surface area (Å²) in [7, 11) is -3.67. The van der Waals surface area contributed by atoms with Crippen LogP contribution in [0, 0.1) is 6.92 Å². The molecule has 0 bridgehead atoms. The van der Waals surface area contributed by atoms with Crippen molar-refractivity contribution in [2.24, 2.45) is 0 Å². The first-order valence-electron chi connectivity index (χ1n) is 9.43. The van der Waals surface area contributed by atoms with Gasteiger partial charge in [0.2, 0.25) is 15.9 Å². The fourth-order valence-corrected chi connectivity index (χ4v) is 5.77. The number of aryl methyl sites for hydroxylation is 2. The van der Waals surface area contributed by atoms with Gasteiger partial charge in [0.25, 0.3) is 0 Å². The number of rotatable bonds is 4. The van der Waals surface area contributed by atoms with E-state index in [0.717, 1.165) is 24.0 Å². The first kappa shape index (κ1) is 18.2. The molecule has 1 amide bonds. The van der Waals surface area contributed by atoms with E-state index in [1.807, 2.05) is 25.1 Å². The van der Waals surface area contributed by atoms with Gasteiger partial charge in [-0.1, -0.05) is 42.0 Å². The summed E-state index contributed by atoms with van der Waals surface area (Å²) in [5.74, 6) is -0.190. The maximum Gasteiger partial charge on any atom is 0.243 e. The van der Waals surface area contributed by atoms with Crippen molar-refractivity contribution in [3.63, 3.8) is 0 Å². The predicted octanol–water partition coefficient (Wildman–Crippen LogP) is 2.95. The van der Waals surface area contributed by atoms with Crippen LogP contribution in [-0.2, 0) is 21.2 Å². The Morgan fingerprint density at radius 2 is 1.81 bits per heavy atom. The van der Waals surface area contributed by atoms with Gasteiger partial charge in [0.05, 0.1) is 10.9 Å².